The molecule has 0 bridgehead atoms. The Morgan fingerprint density at radius 1 is 1.80 bits per heavy atom. The van der Waals surface area contributed by atoms with E-state index >= 15 is 0 Å². The fourth-order valence-electron chi connectivity index (χ4n) is 0.864. The summed E-state index contributed by atoms with van der Waals surface area (Å²) in [5.41, 5.74) is 8.65. The van der Waals surface area contributed by atoms with Gasteiger partial charge in [0.25, 0.3) is 0 Å². The van der Waals surface area contributed by atoms with Gasteiger partial charge in [0.05, 0.1) is 11.2 Å². The van der Waals surface area contributed by atoms with Crippen LogP contribution in [0.2, 0.25) is 0 Å². The van der Waals surface area contributed by atoms with Crippen molar-refractivity contribution < 1.29 is 0 Å². The van der Waals surface area contributed by atoms with Crippen LogP contribution in [0.3, 0.4) is 0 Å². The van der Waals surface area contributed by atoms with Gasteiger partial charge in [0.2, 0.25) is 0 Å². The smallest absolute Gasteiger partial charge is 0.0795 e. The Bertz CT molecular complexity index is 172. The number of nitrogens with zero attached hydrogens (tertiary/aromatic N) is 1. The van der Waals surface area contributed by atoms with Gasteiger partial charge in [0, 0.05) is 11.4 Å². The summed E-state index contributed by atoms with van der Waals surface area (Å²) in [6.07, 6.45) is 2.16. The van der Waals surface area contributed by atoms with Crippen LogP contribution in [0.4, 0.5) is 0 Å². The van der Waals surface area contributed by atoms with Gasteiger partial charge in [-0.3, -0.25) is 0 Å². The third-order valence-electron chi connectivity index (χ3n) is 1.43. The van der Waals surface area contributed by atoms with E-state index in [4.69, 9.17) is 5.73 Å². The van der Waals surface area contributed by atoms with Crippen molar-refractivity contribution in [2.45, 2.75) is 25.8 Å². The van der Waals surface area contributed by atoms with Gasteiger partial charge in [-0.1, -0.05) is 13.3 Å². The van der Waals surface area contributed by atoms with E-state index in [-0.39, 0.29) is 6.04 Å². The molecular weight excluding hydrogens is 144 g/mol. The zero-order valence-corrected chi connectivity index (χ0v) is 6.90. The van der Waals surface area contributed by atoms with Gasteiger partial charge in [-0.25, -0.2) is 4.98 Å². The van der Waals surface area contributed by atoms with Crippen LogP contribution >= 0.6 is 11.3 Å². The molecule has 0 amide bonds. The molecule has 2 nitrogen and oxygen atoms in total. The van der Waals surface area contributed by atoms with Gasteiger partial charge in [-0.05, 0) is 6.42 Å². The zero-order chi connectivity index (χ0) is 7.40. The highest BCUT2D eigenvalue weighted by Crippen LogP contribution is 2.14. The van der Waals surface area contributed by atoms with Crippen LogP contribution in [0, 0.1) is 0 Å². The lowest BCUT2D eigenvalue weighted by Crippen LogP contribution is -2.09. The first-order valence-corrected chi connectivity index (χ1v) is 4.42. The molecule has 56 valence electrons. The Morgan fingerprint density at radius 3 is 3.10 bits per heavy atom. The quantitative estimate of drug-likeness (QED) is 0.726. The summed E-state index contributed by atoms with van der Waals surface area (Å²) in [5.74, 6) is 0. The zero-order valence-electron chi connectivity index (χ0n) is 6.08. The minimum absolute atomic E-state index is 0.149. The minimum atomic E-state index is 0.149. The molecule has 0 unspecified atom stereocenters. The molecular formula is C7H12N2S. The van der Waals surface area contributed by atoms with Crippen molar-refractivity contribution in [3.8, 4) is 0 Å². The number of rotatable bonds is 3. The van der Waals surface area contributed by atoms with Crippen molar-refractivity contribution in [2.24, 2.45) is 5.73 Å². The van der Waals surface area contributed by atoms with E-state index in [1.165, 1.54) is 0 Å². The molecule has 0 fully saturated rings. The van der Waals surface area contributed by atoms with E-state index in [0.717, 1.165) is 18.5 Å². The topological polar surface area (TPSA) is 38.9 Å². The number of nitrogens with two attached hydrogens (primary N) is 1. The molecule has 1 aromatic heterocycles. The van der Waals surface area contributed by atoms with Crippen LogP contribution in [0.25, 0.3) is 0 Å². The maximum absolute atomic E-state index is 5.79. The number of thiazole rings is 1. The molecule has 0 spiro atoms. The summed E-state index contributed by atoms with van der Waals surface area (Å²) in [4.78, 5) is 4.13. The van der Waals surface area contributed by atoms with Crippen LogP contribution < -0.4 is 5.73 Å². The van der Waals surface area contributed by atoms with E-state index in [1.54, 1.807) is 11.3 Å². The normalized spacial score (nSPS) is 13.4. The van der Waals surface area contributed by atoms with Gasteiger partial charge in [-0.15, -0.1) is 11.3 Å². The van der Waals surface area contributed by atoms with E-state index in [2.05, 4.69) is 11.9 Å². The summed E-state index contributed by atoms with van der Waals surface area (Å²) in [5, 5.41) is 2.01. The highest BCUT2D eigenvalue weighted by atomic mass is 32.1. The van der Waals surface area contributed by atoms with E-state index in [0.29, 0.717) is 0 Å². The summed E-state index contributed by atoms with van der Waals surface area (Å²) in [6, 6.07) is 0.149. The highest BCUT2D eigenvalue weighted by molar-refractivity contribution is 7.07. The Balaban J connectivity index is 2.50. The summed E-state index contributed by atoms with van der Waals surface area (Å²) in [7, 11) is 0. The monoisotopic (exact) mass is 156 g/mol. The van der Waals surface area contributed by atoms with Crippen LogP contribution in [0.15, 0.2) is 10.9 Å². The van der Waals surface area contributed by atoms with Crippen LogP contribution in [-0.2, 0) is 0 Å². The molecule has 3 heteroatoms. The van der Waals surface area contributed by atoms with E-state index in [1.807, 2.05) is 10.9 Å². The maximum atomic E-state index is 5.79. The Kier molecular flexibility index (Phi) is 2.83. The van der Waals surface area contributed by atoms with Crippen molar-refractivity contribution in [3.63, 3.8) is 0 Å². The third kappa shape index (κ3) is 1.78. The maximum Gasteiger partial charge on any atom is 0.0795 e. The van der Waals surface area contributed by atoms with Crippen LogP contribution in [0.5, 0.6) is 0 Å². The molecule has 1 aromatic rings. The molecule has 0 aromatic carbocycles. The number of hydrogen-bond acceptors (Lipinski definition) is 3. The molecule has 0 saturated carbocycles. The van der Waals surface area contributed by atoms with Gasteiger partial charge < -0.3 is 5.73 Å². The molecule has 1 rings (SSSR count). The number of hydrogen-bond donors (Lipinski definition) is 1. The molecule has 0 aliphatic carbocycles. The van der Waals surface area contributed by atoms with Gasteiger partial charge in [0.15, 0.2) is 0 Å². The predicted molar refractivity (Wildman–Crippen MR) is 44.0 cm³/mol. The van der Waals surface area contributed by atoms with Gasteiger partial charge in [-0.2, -0.15) is 0 Å². The van der Waals surface area contributed by atoms with Crippen LogP contribution in [-0.4, -0.2) is 4.98 Å². The number of aromatic nitrogens is 1. The van der Waals surface area contributed by atoms with Crippen molar-refractivity contribution in [3.05, 3.63) is 16.6 Å². The second-order valence-corrected chi connectivity index (χ2v) is 3.03. The summed E-state index contributed by atoms with van der Waals surface area (Å²) >= 11 is 1.60. The molecule has 0 radical (unpaired) electrons. The Hall–Kier alpha value is -0.410. The highest BCUT2D eigenvalue weighted by Gasteiger charge is 2.04. The fraction of sp³-hybridized carbons (Fsp3) is 0.571. The summed E-state index contributed by atoms with van der Waals surface area (Å²) in [6.45, 7) is 2.13. The molecule has 1 atom stereocenters. The second kappa shape index (κ2) is 3.68. The second-order valence-electron chi connectivity index (χ2n) is 2.31. The van der Waals surface area contributed by atoms with E-state index in [9.17, 15) is 0 Å². The molecule has 1 heterocycles. The fourth-order valence-corrected chi connectivity index (χ4v) is 1.48. The first-order valence-electron chi connectivity index (χ1n) is 3.48. The standard InChI is InChI=1S/C7H12N2S/c1-2-3-6(8)7-4-10-5-9-7/h4-6H,2-3,8H2,1H3/t6-/m1/s1. The lowest BCUT2D eigenvalue weighted by atomic mass is 10.1. The SMILES string of the molecule is CCC[C@@H](N)c1cscn1. The first-order chi connectivity index (χ1) is 4.84. The summed E-state index contributed by atoms with van der Waals surface area (Å²) < 4.78 is 0. The lowest BCUT2D eigenvalue weighted by molar-refractivity contribution is 0.625. The molecule has 0 saturated heterocycles. The average Bonchev–Trinajstić information content (AvgIpc) is 2.38. The molecule has 10 heavy (non-hydrogen) atoms. The van der Waals surface area contributed by atoms with Gasteiger partial charge >= 0.3 is 0 Å². The lowest BCUT2D eigenvalue weighted by Gasteiger charge is -2.04. The average molecular weight is 156 g/mol. The van der Waals surface area contributed by atoms with Crippen molar-refractivity contribution in [2.75, 3.05) is 0 Å². The molecule has 0 aliphatic heterocycles. The Morgan fingerprint density at radius 2 is 2.60 bits per heavy atom. The first kappa shape index (κ1) is 7.69. The van der Waals surface area contributed by atoms with Crippen molar-refractivity contribution in [1.29, 1.82) is 0 Å². The largest absolute Gasteiger partial charge is 0.323 e. The van der Waals surface area contributed by atoms with Crippen molar-refractivity contribution >= 4 is 11.3 Å². The van der Waals surface area contributed by atoms with Gasteiger partial charge in [0.1, 0.15) is 0 Å². The van der Waals surface area contributed by atoms with E-state index < -0.39 is 0 Å². The van der Waals surface area contributed by atoms with Crippen LogP contribution in [0.1, 0.15) is 31.5 Å². The predicted octanol–water partition coefficient (Wildman–Crippen LogP) is 1.94. The Labute approximate surface area is 65.1 Å². The van der Waals surface area contributed by atoms with Crippen molar-refractivity contribution in [1.82, 2.24) is 4.98 Å². The molecule has 0 aliphatic rings. The third-order valence-corrected chi connectivity index (χ3v) is 2.04. The molecule has 2 N–H and O–H groups in total. The minimum Gasteiger partial charge on any atom is -0.323 e.